The summed E-state index contributed by atoms with van der Waals surface area (Å²) in [6.07, 6.45) is 1.55. The average molecular weight is 370 g/mol. The van der Waals surface area contributed by atoms with Gasteiger partial charge < -0.3 is 15.4 Å². The molecule has 6 heteroatoms. The number of hydrogen-bond donors (Lipinski definition) is 2. The summed E-state index contributed by atoms with van der Waals surface area (Å²) in [4.78, 5) is 23.5. The van der Waals surface area contributed by atoms with E-state index in [-0.39, 0.29) is 36.2 Å². The molecule has 1 heterocycles. The Morgan fingerprint density at radius 3 is 2.70 bits per heavy atom. The molecule has 2 N–H and O–H groups in total. The van der Waals surface area contributed by atoms with Gasteiger partial charge in [-0.25, -0.2) is 4.39 Å². The lowest BCUT2D eigenvalue weighted by atomic mass is 9.97. The Morgan fingerprint density at radius 2 is 1.96 bits per heavy atom. The van der Waals surface area contributed by atoms with Gasteiger partial charge in [-0.3, -0.25) is 9.59 Å². The molecule has 2 aromatic carbocycles. The normalized spacial score (nSPS) is 19.3. The Labute approximate surface area is 157 Å². The first-order chi connectivity index (χ1) is 13.0. The van der Waals surface area contributed by atoms with Crippen LogP contribution in [0.5, 0.6) is 0 Å². The number of carbonyl (C=O) groups excluding carboxylic acids is 2. The highest BCUT2D eigenvalue weighted by Crippen LogP contribution is 2.29. The second kappa shape index (κ2) is 8.77. The van der Waals surface area contributed by atoms with Crippen LogP contribution in [0, 0.1) is 5.82 Å². The van der Waals surface area contributed by atoms with E-state index in [2.05, 4.69) is 10.6 Å². The van der Waals surface area contributed by atoms with E-state index >= 15 is 0 Å². The largest absolute Gasteiger partial charge is 0.373 e. The van der Waals surface area contributed by atoms with Crippen molar-refractivity contribution in [1.82, 2.24) is 5.32 Å². The Hall–Kier alpha value is -2.73. The van der Waals surface area contributed by atoms with Crippen LogP contribution >= 0.6 is 0 Å². The summed E-state index contributed by atoms with van der Waals surface area (Å²) in [6.45, 7) is 2.10. The summed E-state index contributed by atoms with van der Waals surface area (Å²) in [5.41, 5.74) is 2.40. The summed E-state index contributed by atoms with van der Waals surface area (Å²) in [5.74, 6) is -0.529. The zero-order valence-electron chi connectivity index (χ0n) is 15.2. The number of nitrogens with one attached hydrogen (secondary N) is 2. The molecule has 0 saturated carbocycles. The van der Waals surface area contributed by atoms with Gasteiger partial charge in [0.15, 0.2) is 0 Å². The van der Waals surface area contributed by atoms with Gasteiger partial charge in [0.25, 0.3) is 0 Å². The molecular weight excluding hydrogens is 347 g/mol. The van der Waals surface area contributed by atoms with E-state index in [1.165, 1.54) is 19.1 Å². The molecule has 2 amide bonds. The van der Waals surface area contributed by atoms with E-state index in [0.717, 1.165) is 17.5 Å². The third-order valence-electron chi connectivity index (χ3n) is 4.51. The van der Waals surface area contributed by atoms with Crippen LogP contribution in [-0.2, 0) is 20.7 Å². The molecular formula is C21H23FN2O3. The SMILES string of the molecule is CC(=O)N[C@H]1CCO[C@@H](c2cccc(NC(=O)Cc3ccc(F)cc3)c2)C1. The molecule has 142 valence electrons. The van der Waals surface area contributed by atoms with Crippen LogP contribution < -0.4 is 10.6 Å². The van der Waals surface area contributed by atoms with E-state index in [1.807, 2.05) is 24.3 Å². The molecule has 27 heavy (non-hydrogen) atoms. The van der Waals surface area contributed by atoms with Crippen molar-refractivity contribution in [3.63, 3.8) is 0 Å². The summed E-state index contributed by atoms with van der Waals surface area (Å²) in [7, 11) is 0. The highest BCUT2D eigenvalue weighted by Gasteiger charge is 2.24. The van der Waals surface area contributed by atoms with Gasteiger partial charge >= 0.3 is 0 Å². The predicted molar refractivity (Wildman–Crippen MR) is 101 cm³/mol. The summed E-state index contributed by atoms with van der Waals surface area (Å²) in [6, 6.07) is 13.5. The van der Waals surface area contributed by atoms with Crippen molar-refractivity contribution in [2.24, 2.45) is 0 Å². The monoisotopic (exact) mass is 370 g/mol. The molecule has 3 rings (SSSR count). The minimum Gasteiger partial charge on any atom is -0.373 e. The molecule has 0 aromatic heterocycles. The van der Waals surface area contributed by atoms with Crippen molar-refractivity contribution < 1.29 is 18.7 Å². The lowest BCUT2D eigenvalue weighted by Crippen LogP contribution is -2.38. The van der Waals surface area contributed by atoms with E-state index < -0.39 is 0 Å². The predicted octanol–water partition coefficient (Wildman–Crippen LogP) is 3.36. The molecule has 0 radical (unpaired) electrons. The molecule has 1 saturated heterocycles. The number of halogens is 1. The van der Waals surface area contributed by atoms with Crippen LogP contribution in [0.4, 0.5) is 10.1 Å². The zero-order chi connectivity index (χ0) is 19.2. The molecule has 5 nitrogen and oxygen atoms in total. The number of ether oxygens (including phenoxy) is 1. The number of amides is 2. The fourth-order valence-corrected chi connectivity index (χ4v) is 3.26. The van der Waals surface area contributed by atoms with Gasteiger partial charge in [0, 0.05) is 25.3 Å². The number of anilines is 1. The van der Waals surface area contributed by atoms with Gasteiger partial charge in [-0.15, -0.1) is 0 Å². The number of carbonyl (C=O) groups is 2. The number of rotatable bonds is 5. The first-order valence-electron chi connectivity index (χ1n) is 9.02. The quantitative estimate of drug-likeness (QED) is 0.848. The molecule has 0 bridgehead atoms. The van der Waals surface area contributed by atoms with Crippen molar-refractivity contribution in [2.75, 3.05) is 11.9 Å². The van der Waals surface area contributed by atoms with Crippen molar-refractivity contribution in [3.8, 4) is 0 Å². The van der Waals surface area contributed by atoms with Gasteiger partial charge in [0.1, 0.15) is 5.82 Å². The van der Waals surface area contributed by atoms with Crippen LogP contribution in [0.15, 0.2) is 48.5 Å². The molecule has 2 aromatic rings. The van der Waals surface area contributed by atoms with Gasteiger partial charge in [0.2, 0.25) is 11.8 Å². The highest BCUT2D eigenvalue weighted by molar-refractivity contribution is 5.92. The maximum atomic E-state index is 13.0. The van der Waals surface area contributed by atoms with Crippen LogP contribution in [0.25, 0.3) is 0 Å². The maximum Gasteiger partial charge on any atom is 0.228 e. The second-order valence-electron chi connectivity index (χ2n) is 6.76. The van der Waals surface area contributed by atoms with E-state index in [4.69, 9.17) is 4.74 Å². The summed E-state index contributed by atoms with van der Waals surface area (Å²) < 4.78 is 18.8. The standard InChI is InChI=1S/C21H23FN2O3/c1-14(25)23-19-9-10-27-20(13-19)16-3-2-4-18(12-16)24-21(26)11-15-5-7-17(22)8-6-15/h2-8,12,19-20H,9-11,13H2,1H3,(H,23,25)(H,24,26)/t19-,20+/m0/s1. The average Bonchev–Trinajstić information content (AvgIpc) is 2.63. The van der Waals surface area contributed by atoms with E-state index in [9.17, 15) is 14.0 Å². The molecule has 2 atom stereocenters. The molecule has 0 spiro atoms. The minimum absolute atomic E-state index is 0.0394. The molecule has 1 fully saturated rings. The summed E-state index contributed by atoms with van der Waals surface area (Å²) >= 11 is 0. The highest BCUT2D eigenvalue weighted by atomic mass is 19.1. The Balaban J connectivity index is 1.62. The van der Waals surface area contributed by atoms with Crippen molar-refractivity contribution in [3.05, 3.63) is 65.5 Å². The number of hydrogen-bond acceptors (Lipinski definition) is 3. The maximum absolute atomic E-state index is 13.0. The Bertz CT molecular complexity index is 807. The third-order valence-corrected chi connectivity index (χ3v) is 4.51. The van der Waals surface area contributed by atoms with Crippen LogP contribution in [0.1, 0.15) is 37.0 Å². The number of benzene rings is 2. The first kappa shape index (κ1) is 19.0. The van der Waals surface area contributed by atoms with Crippen molar-refractivity contribution in [2.45, 2.75) is 38.3 Å². The van der Waals surface area contributed by atoms with Crippen molar-refractivity contribution in [1.29, 1.82) is 0 Å². The topological polar surface area (TPSA) is 67.4 Å². The first-order valence-corrected chi connectivity index (χ1v) is 9.02. The second-order valence-corrected chi connectivity index (χ2v) is 6.76. The Kier molecular flexibility index (Phi) is 6.19. The summed E-state index contributed by atoms with van der Waals surface area (Å²) in [5, 5.41) is 5.81. The molecule has 0 aliphatic carbocycles. The third kappa shape index (κ3) is 5.62. The zero-order valence-corrected chi connectivity index (χ0v) is 15.2. The lowest BCUT2D eigenvalue weighted by Gasteiger charge is -2.30. The molecule has 1 aliphatic rings. The minimum atomic E-state index is -0.322. The van der Waals surface area contributed by atoms with Crippen molar-refractivity contribution >= 4 is 17.5 Å². The van der Waals surface area contributed by atoms with Crippen LogP contribution in [0.3, 0.4) is 0 Å². The van der Waals surface area contributed by atoms with Crippen LogP contribution in [0.2, 0.25) is 0 Å². The van der Waals surface area contributed by atoms with Crippen LogP contribution in [-0.4, -0.2) is 24.5 Å². The molecule has 0 unspecified atom stereocenters. The Morgan fingerprint density at radius 1 is 1.19 bits per heavy atom. The van der Waals surface area contributed by atoms with Gasteiger partial charge in [0.05, 0.1) is 12.5 Å². The fourth-order valence-electron chi connectivity index (χ4n) is 3.26. The smallest absolute Gasteiger partial charge is 0.228 e. The molecule has 1 aliphatic heterocycles. The van der Waals surface area contributed by atoms with E-state index in [0.29, 0.717) is 18.7 Å². The van der Waals surface area contributed by atoms with Gasteiger partial charge in [-0.1, -0.05) is 24.3 Å². The fraction of sp³-hybridized carbons (Fsp3) is 0.333. The van der Waals surface area contributed by atoms with Gasteiger partial charge in [-0.2, -0.15) is 0 Å². The lowest BCUT2D eigenvalue weighted by molar-refractivity contribution is -0.120. The van der Waals surface area contributed by atoms with Gasteiger partial charge in [-0.05, 0) is 48.2 Å². The van der Waals surface area contributed by atoms with E-state index in [1.54, 1.807) is 12.1 Å².